The van der Waals surface area contributed by atoms with Gasteiger partial charge in [0.15, 0.2) is 0 Å². The Balaban J connectivity index is 0.000000144. The molecule has 0 unspecified atom stereocenters. The molecule has 0 aliphatic heterocycles. The summed E-state index contributed by atoms with van der Waals surface area (Å²) in [6.45, 7) is 6.50. The van der Waals surface area contributed by atoms with Gasteiger partial charge in [-0.05, 0) is 12.8 Å². The number of hydrogen-bond donors (Lipinski definition) is 0. The molecule has 0 N–H and O–H groups in total. The van der Waals surface area contributed by atoms with E-state index in [0.29, 0.717) is 0 Å². The molecule has 0 aromatic heterocycles. The van der Waals surface area contributed by atoms with Gasteiger partial charge in [0, 0.05) is 0 Å². The van der Waals surface area contributed by atoms with Crippen molar-refractivity contribution in [2.24, 2.45) is 0 Å². The Kier molecular flexibility index (Phi) is 9.87. The Hall–Kier alpha value is -3.02. The first kappa shape index (κ1) is 27.0. The van der Waals surface area contributed by atoms with Crippen molar-refractivity contribution in [3.05, 3.63) is 149 Å². The van der Waals surface area contributed by atoms with Crippen molar-refractivity contribution < 1.29 is 24.2 Å². The quantitative estimate of drug-likeness (QED) is 0.193. The summed E-state index contributed by atoms with van der Waals surface area (Å²) in [6.07, 6.45) is 10.5. The average Bonchev–Trinajstić information content (AvgIpc) is 3.59. The summed E-state index contributed by atoms with van der Waals surface area (Å²) in [5.41, 5.74) is 6.84. The average molecular weight is 558 g/mol. The van der Waals surface area contributed by atoms with Gasteiger partial charge < -0.3 is 0 Å². The molecule has 0 radical (unpaired) electrons. The fourth-order valence-electron chi connectivity index (χ4n) is 4.44. The van der Waals surface area contributed by atoms with E-state index in [4.69, 9.17) is 0 Å². The standard InChI is InChI=1S/C17H17.C13H10.C6H7.Zr/c1-3-12-5-7-16-14(9-12)11-15-10-13(4-2)6-8-17(15)16;1-3-7-12(8-4-1)11-13-9-5-2-6-10-13;1-6-4-2-3-5-6;/h5-11H,3-4H2,1-2H3;1-10H;4-5H,2H2,1H3;/q-1;;-1;+2. The van der Waals surface area contributed by atoms with E-state index in [2.05, 4.69) is 136 Å². The van der Waals surface area contributed by atoms with Crippen LogP contribution in [0.1, 0.15) is 49.4 Å². The van der Waals surface area contributed by atoms with Crippen molar-refractivity contribution in [3.63, 3.8) is 0 Å². The van der Waals surface area contributed by atoms with Crippen LogP contribution in [-0.2, 0) is 37.1 Å². The van der Waals surface area contributed by atoms with Crippen molar-refractivity contribution in [1.29, 1.82) is 0 Å². The molecule has 0 bridgehead atoms. The molecule has 1 aliphatic carbocycles. The third kappa shape index (κ3) is 7.27. The molecule has 0 spiro atoms. The number of benzene rings is 4. The van der Waals surface area contributed by atoms with Gasteiger partial charge in [-0.1, -0.05) is 49.2 Å². The van der Waals surface area contributed by atoms with E-state index < -0.39 is 0 Å². The molecule has 0 saturated heterocycles. The van der Waals surface area contributed by atoms with Crippen molar-refractivity contribution in [2.45, 2.75) is 40.0 Å². The van der Waals surface area contributed by atoms with Gasteiger partial charge in [-0.3, -0.25) is 6.08 Å². The molecule has 0 nitrogen and oxygen atoms in total. The molecule has 0 fully saturated rings. The Bertz CT molecular complexity index is 1410. The van der Waals surface area contributed by atoms with Gasteiger partial charge in [0.05, 0.1) is 0 Å². The van der Waals surface area contributed by atoms with E-state index in [1.807, 2.05) is 6.08 Å². The molecule has 0 saturated carbocycles. The molecule has 0 atom stereocenters. The van der Waals surface area contributed by atoms with E-state index in [-0.39, 0.29) is 0 Å². The molecular weight excluding hydrogens is 524 g/mol. The van der Waals surface area contributed by atoms with Gasteiger partial charge in [-0.15, -0.1) is 53.1 Å². The Morgan fingerprint density at radius 3 is 1.57 bits per heavy atom. The number of allylic oxidation sites excluding steroid dienone is 4. The third-order valence-corrected chi connectivity index (χ3v) is 8.07. The summed E-state index contributed by atoms with van der Waals surface area (Å²) in [4.78, 5) is 0. The van der Waals surface area contributed by atoms with Crippen molar-refractivity contribution in [1.82, 2.24) is 0 Å². The second kappa shape index (κ2) is 13.5. The van der Waals surface area contributed by atoms with Gasteiger partial charge in [0.2, 0.25) is 0 Å². The van der Waals surface area contributed by atoms with Gasteiger partial charge in [0.1, 0.15) is 0 Å². The van der Waals surface area contributed by atoms with Crippen molar-refractivity contribution >= 4 is 24.8 Å². The molecule has 37 heavy (non-hydrogen) atoms. The maximum atomic E-state index is 3.05. The Morgan fingerprint density at radius 2 is 1.22 bits per heavy atom. The van der Waals surface area contributed by atoms with Crippen LogP contribution < -0.4 is 0 Å². The Labute approximate surface area is 237 Å². The molecule has 1 heteroatoms. The number of fused-ring (bicyclic) bond motifs is 3. The summed E-state index contributed by atoms with van der Waals surface area (Å²) in [5.74, 6) is 0. The molecule has 182 valence electrons. The van der Waals surface area contributed by atoms with Crippen LogP contribution in [0.2, 0.25) is 0 Å². The SMILES string of the molecule is CC1=CC[C-]=C1.CCc1ccc2c(c1)[cH-]c1cc(CC)ccc12.[Zr+2]=[C](c1ccccc1)c1ccccc1. The zero-order chi connectivity index (χ0) is 26.0. The van der Waals surface area contributed by atoms with Crippen LogP contribution in [0.5, 0.6) is 0 Å². The first-order valence-electron chi connectivity index (χ1n) is 13.1. The van der Waals surface area contributed by atoms with Crippen molar-refractivity contribution in [2.75, 3.05) is 0 Å². The fraction of sp³-hybridized carbons (Fsp3) is 0.167. The summed E-state index contributed by atoms with van der Waals surface area (Å²) in [5, 5.41) is 5.54. The predicted octanol–water partition coefficient (Wildman–Crippen LogP) is 9.33. The molecule has 1 aliphatic rings. The first-order chi connectivity index (χ1) is 18.1. The predicted molar refractivity (Wildman–Crippen MR) is 158 cm³/mol. The topological polar surface area (TPSA) is 0 Å². The minimum absolute atomic E-state index is 1.02. The molecule has 0 amide bonds. The summed E-state index contributed by atoms with van der Waals surface area (Å²) in [6, 6.07) is 37.1. The van der Waals surface area contributed by atoms with Crippen LogP contribution in [0.15, 0.2) is 121 Å². The van der Waals surface area contributed by atoms with Crippen LogP contribution >= 0.6 is 0 Å². The van der Waals surface area contributed by atoms with Gasteiger partial charge in [0.25, 0.3) is 0 Å². The molecule has 5 aromatic rings. The van der Waals surface area contributed by atoms with E-state index in [1.54, 1.807) is 0 Å². The van der Waals surface area contributed by atoms with E-state index in [0.717, 1.165) is 19.3 Å². The van der Waals surface area contributed by atoms with E-state index in [9.17, 15) is 0 Å². The first-order valence-corrected chi connectivity index (χ1v) is 14.4. The fourth-order valence-corrected chi connectivity index (χ4v) is 5.26. The number of hydrogen-bond acceptors (Lipinski definition) is 0. The van der Waals surface area contributed by atoms with E-state index >= 15 is 0 Å². The van der Waals surface area contributed by atoms with E-state index in [1.165, 1.54) is 76.8 Å². The summed E-state index contributed by atoms with van der Waals surface area (Å²) < 4.78 is 1.42. The van der Waals surface area contributed by atoms with Crippen molar-refractivity contribution in [3.8, 4) is 0 Å². The number of rotatable bonds is 4. The zero-order valence-electron chi connectivity index (χ0n) is 22.1. The third-order valence-electron chi connectivity index (χ3n) is 6.65. The molecular formula is C36H34Zr. The van der Waals surface area contributed by atoms with Gasteiger partial charge in [-0.25, -0.2) is 11.6 Å². The van der Waals surface area contributed by atoms with Crippen LogP contribution in [0.3, 0.4) is 0 Å². The second-order valence-corrected chi connectivity index (χ2v) is 10.5. The second-order valence-electron chi connectivity index (χ2n) is 9.30. The van der Waals surface area contributed by atoms with Crippen LogP contribution in [-0.4, -0.2) is 3.21 Å². The van der Waals surface area contributed by atoms with Gasteiger partial charge in [-0.2, -0.15) is 6.08 Å². The van der Waals surface area contributed by atoms with Crippen LogP contribution in [0.4, 0.5) is 0 Å². The molecule has 0 heterocycles. The number of aryl methyl sites for hydroxylation is 2. The van der Waals surface area contributed by atoms with Crippen LogP contribution in [0, 0.1) is 6.08 Å². The summed E-state index contributed by atoms with van der Waals surface area (Å²) >= 11 is 1.46. The monoisotopic (exact) mass is 556 g/mol. The minimum atomic E-state index is 1.02. The summed E-state index contributed by atoms with van der Waals surface area (Å²) in [7, 11) is 0. The van der Waals surface area contributed by atoms with Crippen LogP contribution in [0.25, 0.3) is 21.5 Å². The Morgan fingerprint density at radius 1 is 0.730 bits per heavy atom. The maximum absolute atomic E-state index is 3.05. The van der Waals surface area contributed by atoms with Gasteiger partial charge >= 0.3 is 99.2 Å². The zero-order valence-corrected chi connectivity index (χ0v) is 24.5. The normalized spacial score (nSPS) is 12.0. The molecule has 6 rings (SSSR count). The molecule has 5 aromatic carbocycles.